The van der Waals surface area contributed by atoms with E-state index in [9.17, 15) is 4.79 Å². The highest BCUT2D eigenvalue weighted by molar-refractivity contribution is 5.79. The summed E-state index contributed by atoms with van der Waals surface area (Å²) >= 11 is 0. The van der Waals surface area contributed by atoms with Gasteiger partial charge in [0.25, 0.3) is 0 Å². The molecule has 2 aromatic rings. The Morgan fingerprint density at radius 1 is 1.20 bits per heavy atom. The second kappa shape index (κ2) is 7.82. The average molecular weight is 345 g/mol. The molecule has 0 saturated carbocycles. The minimum Gasteiger partial charge on any atom is -0.361 e. The lowest BCUT2D eigenvalue weighted by Crippen LogP contribution is -2.49. The van der Waals surface area contributed by atoms with E-state index in [-0.39, 0.29) is 5.91 Å². The van der Waals surface area contributed by atoms with Crippen LogP contribution < -0.4 is 0 Å². The van der Waals surface area contributed by atoms with Crippen molar-refractivity contribution in [1.82, 2.24) is 24.5 Å². The lowest BCUT2D eigenvalue weighted by Gasteiger charge is -2.35. The van der Waals surface area contributed by atoms with E-state index in [0.29, 0.717) is 6.42 Å². The van der Waals surface area contributed by atoms with Crippen LogP contribution in [0, 0.1) is 13.8 Å². The first-order valence-electron chi connectivity index (χ1n) is 9.00. The number of nitrogens with zero attached hydrogens (tertiary/aromatic N) is 5. The number of piperazine rings is 1. The quantitative estimate of drug-likeness (QED) is 0.792. The molecule has 3 rings (SSSR count). The zero-order valence-corrected chi connectivity index (χ0v) is 15.4. The van der Waals surface area contributed by atoms with Gasteiger partial charge in [0.05, 0.1) is 12.1 Å². The van der Waals surface area contributed by atoms with Gasteiger partial charge in [-0.1, -0.05) is 12.1 Å². The Bertz CT molecular complexity index is 693. The van der Waals surface area contributed by atoms with Crippen molar-refractivity contribution in [3.8, 4) is 0 Å². The van der Waals surface area contributed by atoms with E-state index in [4.69, 9.17) is 4.52 Å². The maximum atomic E-state index is 12.5. The summed E-state index contributed by atoms with van der Waals surface area (Å²) in [4.78, 5) is 21.3. The third-order valence-electron chi connectivity index (χ3n) is 5.01. The first kappa shape index (κ1) is 17.7. The molecule has 0 bridgehead atoms. The predicted octanol–water partition coefficient (Wildman–Crippen LogP) is 1.44. The third kappa shape index (κ3) is 4.10. The Balaban J connectivity index is 1.46. The third-order valence-corrected chi connectivity index (χ3v) is 5.01. The molecule has 7 heteroatoms. The fraction of sp³-hybridized carbons (Fsp3) is 0.611. The summed E-state index contributed by atoms with van der Waals surface area (Å²) in [7, 11) is 0. The standard InChI is InChI=1S/C18H27N5O2/c1-4-17-19-5-6-22(17)10-7-21-8-11-23(12-9-21)18(24)13-16-14(2)20-25-15(16)3/h5-6H,4,7-13H2,1-3H3. The summed E-state index contributed by atoms with van der Waals surface area (Å²) in [5, 5.41) is 3.93. The zero-order chi connectivity index (χ0) is 17.8. The van der Waals surface area contributed by atoms with E-state index in [1.165, 1.54) is 0 Å². The van der Waals surface area contributed by atoms with Crippen molar-refractivity contribution in [2.45, 2.75) is 40.2 Å². The normalized spacial score (nSPS) is 15.7. The Morgan fingerprint density at radius 2 is 1.96 bits per heavy atom. The van der Waals surface area contributed by atoms with Crippen molar-refractivity contribution in [2.75, 3.05) is 32.7 Å². The molecular formula is C18H27N5O2. The van der Waals surface area contributed by atoms with Crippen molar-refractivity contribution >= 4 is 5.91 Å². The van der Waals surface area contributed by atoms with Crippen molar-refractivity contribution < 1.29 is 9.32 Å². The van der Waals surface area contributed by atoms with Crippen LogP contribution in [0.1, 0.15) is 29.8 Å². The number of aryl methyl sites for hydroxylation is 3. The van der Waals surface area contributed by atoms with Crippen LogP contribution >= 0.6 is 0 Å². The Labute approximate surface area is 148 Å². The maximum Gasteiger partial charge on any atom is 0.227 e. The molecule has 1 aliphatic heterocycles. The largest absolute Gasteiger partial charge is 0.361 e. The van der Waals surface area contributed by atoms with Crippen LogP contribution in [-0.4, -0.2) is 63.1 Å². The first-order chi connectivity index (χ1) is 12.1. The number of hydrogen-bond acceptors (Lipinski definition) is 5. The zero-order valence-electron chi connectivity index (χ0n) is 15.4. The number of carbonyl (C=O) groups excluding carboxylic acids is 1. The molecule has 0 aromatic carbocycles. The van der Waals surface area contributed by atoms with E-state index in [2.05, 4.69) is 26.5 Å². The van der Waals surface area contributed by atoms with Crippen molar-refractivity contribution in [3.63, 3.8) is 0 Å². The van der Waals surface area contributed by atoms with Crippen molar-refractivity contribution in [1.29, 1.82) is 0 Å². The number of rotatable bonds is 6. The van der Waals surface area contributed by atoms with Crippen molar-refractivity contribution in [2.24, 2.45) is 0 Å². The van der Waals surface area contributed by atoms with Gasteiger partial charge in [-0.15, -0.1) is 0 Å². The fourth-order valence-electron chi connectivity index (χ4n) is 3.35. The van der Waals surface area contributed by atoms with Gasteiger partial charge >= 0.3 is 0 Å². The molecule has 1 fully saturated rings. The molecule has 0 unspecified atom stereocenters. The van der Waals surface area contributed by atoms with Gasteiger partial charge in [0, 0.05) is 63.6 Å². The van der Waals surface area contributed by atoms with E-state index >= 15 is 0 Å². The summed E-state index contributed by atoms with van der Waals surface area (Å²) in [5.41, 5.74) is 1.75. The van der Waals surface area contributed by atoms with Gasteiger partial charge in [-0.3, -0.25) is 9.69 Å². The van der Waals surface area contributed by atoms with Crippen LogP contribution in [0.5, 0.6) is 0 Å². The van der Waals surface area contributed by atoms with Crippen LogP contribution in [0.3, 0.4) is 0 Å². The molecule has 0 radical (unpaired) electrons. The fourth-order valence-corrected chi connectivity index (χ4v) is 3.35. The molecule has 2 aromatic heterocycles. The number of hydrogen-bond donors (Lipinski definition) is 0. The summed E-state index contributed by atoms with van der Waals surface area (Å²) < 4.78 is 7.37. The second-order valence-corrected chi connectivity index (χ2v) is 6.59. The predicted molar refractivity (Wildman–Crippen MR) is 94.3 cm³/mol. The number of amides is 1. The molecule has 25 heavy (non-hydrogen) atoms. The van der Waals surface area contributed by atoms with Crippen molar-refractivity contribution in [3.05, 3.63) is 35.2 Å². The molecule has 0 aliphatic carbocycles. The van der Waals surface area contributed by atoms with E-state index in [1.807, 2.05) is 31.1 Å². The monoisotopic (exact) mass is 345 g/mol. The number of carbonyl (C=O) groups is 1. The molecule has 0 N–H and O–H groups in total. The number of aromatic nitrogens is 3. The Kier molecular flexibility index (Phi) is 5.53. The average Bonchev–Trinajstić information content (AvgIpc) is 3.21. The molecule has 1 amide bonds. The van der Waals surface area contributed by atoms with E-state index in [0.717, 1.165) is 68.5 Å². The topological polar surface area (TPSA) is 67.4 Å². The molecule has 7 nitrogen and oxygen atoms in total. The smallest absolute Gasteiger partial charge is 0.227 e. The Morgan fingerprint density at radius 3 is 2.60 bits per heavy atom. The highest BCUT2D eigenvalue weighted by Gasteiger charge is 2.23. The summed E-state index contributed by atoms with van der Waals surface area (Å²) in [6, 6.07) is 0. The van der Waals surface area contributed by atoms with Gasteiger partial charge in [0.1, 0.15) is 11.6 Å². The Hall–Kier alpha value is -2.15. The highest BCUT2D eigenvalue weighted by Crippen LogP contribution is 2.15. The van der Waals surface area contributed by atoms with Crippen LogP contribution in [-0.2, 0) is 24.2 Å². The van der Waals surface area contributed by atoms with Crippen LogP contribution in [0.2, 0.25) is 0 Å². The molecule has 0 spiro atoms. The van der Waals surface area contributed by atoms with Gasteiger partial charge < -0.3 is 14.0 Å². The lowest BCUT2D eigenvalue weighted by molar-refractivity contribution is -0.132. The molecule has 3 heterocycles. The molecule has 0 atom stereocenters. The second-order valence-electron chi connectivity index (χ2n) is 6.59. The minimum atomic E-state index is 0.164. The van der Waals surface area contributed by atoms with Crippen LogP contribution in [0.15, 0.2) is 16.9 Å². The molecular weight excluding hydrogens is 318 g/mol. The molecule has 1 aliphatic rings. The summed E-state index contributed by atoms with van der Waals surface area (Å²) in [6.07, 6.45) is 5.25. The lowest BCUT2D eigenvalue weighted by atomic mass is 10.1. The highest BCUT2D eigenvalue weighted by atomic mass is 16.5. The van der Waals surface area contributed by atoms with Gasteiger partial charge in [0.15, 0.2) is 0 Å². The summed E-state index contributed by atoms with van der Waals surface area (Å²) in [6.45, 7) is 11.2. The summed E-state index contributed by atoms with van der Waals surface area (Å²) in [5.74, 6) is 2.04. The van der Waals surface area contributed by atoms with Gasteiger partial charge in [-0.25, -0.2) is 4.98 Å². The molecule has 1 saturated heterocycles. The van der Waals surface area contributed by atoms with Gasteiger partial charge in [-0.05, 0) is 13.8 Å². The first-order valence-corrected chi connectivity index (χ1v) is 9.00. The maximum absolute atomic E-state index is 12.5. The van der Waals surface area contributed by atoms with Gasteiger partial charge in [0.2, 0.25) is 5.91 Å². The van der Waals surface area contributed by atoms with E-state index < -0.39 is 0 Å². The molecule has 136 valence electrons. The van der Waals surface area contributed by atoms with Crippen LogP contribution in [0.4, 0.5) is 0 Å². The minimum absolute atomic E-state index is 0.164. The van der Waals surface area contributed by atoms with E-state index in [1.54, 1.807) is 0 Å². The van der Waals surface area contributed by atoms with Crippen LogP contribution in [0.25, 0.3) is 0 Å². The van der Waals surface area contributed by atoms with Gasteiger partial charge in [-0.2, -0.15) is 0 Å². The number of imidazole rings is 1. The SMILES string of the molecule is CCc1nccn1CCN1CCN(C(=O)Cc2c(C)noc2C)CC1.